The van der Waals surface area contributed by atoms with Gasteiger partial charge in [-0.1, -0.05) is 26.0 Å². The van der Waals surface area contributed by atoms with E-state index in [0.717, 1.165) is 16.8 Å². The average molecular weight is 237 g/mol. The van der Waals surface area contributed by atoms with Crippen molar-refractivity contribution in [1.29, 1.82) is 0 Å². The van der Waals surface area contributed by atoms with Crippen molar-refractivity contribution in [2.45, 2.75) is 19.8 Å². The van der Waals surface area contributed by atoms with Crippen molar-refractivity contribution in [3.63, 3.8) is 0 Å². The van der Waals surface area contributed by atoms with Crippen LogP contribution in [-0.4, -0.2) is 14.6 Å². The van der Waals surface area contributed by atoms with Crippen LogP contribution in [0, 0.1) is 0 Å². The number of fused-ring (bicyclic) bond motifs is 1. The third-order valence-electron chi connectivity index (χ3n) is 3.06. The SMILES string of the molecule is CC(C)c1nn2ccccc2c1-c1cccnc1. The van der Waals surface area contributed by atoms with E-state index in [9.17, 15) is 0 Å². The topological polar surface area (TPSA) is 30.2 Å². The first-order valence-electron chi connectivity index (χ1n) is 6.15. The van der Waals surface area contributed by atoms with Crippen LogP contribution >= 0.6 is 0 Å². The zero-order valence-corrected chi connectivity index (χ0v) is 10.5. The van der Waals surface area contributed by atoms with E-state index in [1.807, 2.05) is 35.1 Å². The molecule has 0 unspecified atom stereocenters. The maximum absolute atomic E-state index is 4.68. The lowest BCUT2D eigenvalue weighted by Gasteiger charge is -2.05. The zero-order chi connectivity index (χ0) is 12.5. The van der Waals surface area contributed by atoms with E-state index in [1.54, 1.807) is 6.20 Å². The average Bonchev–Trinajstić information content (AvgIpc) is 2.79. The Morgan fingerprint density at radius 3 is 2.72 bits per heavy atom. The van der Waals surface area contributed by atoms with Crippen molar-refractivity contribution in [2.24, 2.45) is 0 Å². The highest BCUT2D eigenvalue weighted by Gasteiger charge is 2.16. The Kier molecular flexibility index (Phi) is 2.59. The smallest absolute Gasteiger partial charge is 0.0743 e. The first-order valence-corrected chi connectivity index (χ1v) is 6.15. The summed E-state index contributed by atoms with van der Waals surface area (Å²) in [6.07, 6.45) is 5.68. The molecule has 3 aromatic heterocycles. The molecule has 3 heterocycles. The van der Waals surface area contributed by atoms with Gasteiger partial charge in [-0.2, -0.15) is 5.10 Å². The molecule has 0 saturated heterocycles. The number of aromatic nitrogens is 3. The van der Waals surface area contributed by atoms with Crippen LogP contribution in [0.4, 0.5) is 0 Å². The largest absolute Gasteiger partial charge is 0.264 e. The third-order valence-corrected chi connectivity index (χ3v) is 3.06. The molecule has 3 heteroatoms. The normalized spacial score (nSPS) is 11.3. The molecule has 18 heavy (non-hydrogen) atoms. The number of pyridine rings is 2. The molecule has 0 bridgehead atoms. The molecule has 3 aromatic rings. The van der Waals surface area contributed by atoms with Crippen LogP contribution in [0.15, 0.2) is 48.9 Å². The predicted molar refractivity (Wildman–Crippen MR) is 72.5 cm³/mol. The standard InChI is InChI=1S/C15H15N3/c1-11(2)15-14(12-6-5-8-16-10-12)13-7-3-4-9-18(13)17-15/h3-11H,1-2H3. The molecule has 3 rings (SSSR count). The van der Waals surface area contributed by atoms with E-state index >= 15 is 0 Å². The van der Waals surface area contributed by atoms with Gasteiger partial charge >= 0.3 is 0 Å². The molecule has 0 N–H and O–H groups in total. The fourth-order valence-electron chi connectivity index (χ4n) is 2.23. The Balaban J connectivity index is 2.35. The van der Waals surface area contributed by atoms with Crippen LogP contribution < -0.4 is 0 Å². The van der Waals surface area contributed by atoms with Crippen molar-refractivity contribution in [1.82, 2.24) is 14.6 Å². The van der Waals surface area contributed by atoms with Gasteiger partial charge in [-0.15, -0.1) is 0 Å². The van der Waals surface area contributed by atoms with Crippen LogP contribution in [-0.2, 0) is 0 Å². The van der Waals surface area contributed by atoms with Gasteiger partial charge in [0.25, 0.3) is 0 Å². The number of nitrogens with zero attached hydrogens (tertiary/aromatic N) is 3. The second-order valence-electron chi connectivity index (χ2n) is 4.69. The minimum absolute atomic E-state index is 0.389. The van der Waals surface area contributed by atoms with Gasteiger partial charge in [0.05, 0.1) is 11.2 Å². The molecule has 0 amide bonds. The van der Waals surface area contributed by atoms with Crippen LogP contribution in [0.3, 0.4) is 0 Å². The van der Waals surface area contributed by atoms with Gasteiger partial charge in [-0.25, -0.2) is 4.52 Å². The second kappa shape index (κ2) is 4.26. The zero-order valence-electron chi connectivity index (χ0n) is 10.5. The summed E-state index contributed by atoms with van der Waals surface area (Å²) in [7, 11) is 0. The molecule has 0 aliphatic rings. The van der Waals surface area contributed by atoms with Crippen LogP contribution in [0.25, 0.3) is 16.6 Å². The highest BCUT2D eigenvalue weighted by atomic mass is 15.2. The molecule has 0 radical (unpaired) electrons. The molecular weight excluding hydrogens is 222 g/mol. The van der Waals surface area contributed by atoms with Crippen molar-refractivity contribution in [3.8, 4) is 11.1 Å². The summed E-state index contributed by atoms with van der Waals surface area (Å²) >= 11 is 0. The quantitative estimate of drug-likeness (QED) is 0.682. The molecule has 0 atom stereocenters. The van der Waals surface area contributed by atoms with Crippen LogP contribution in [0.2, 0.25) is 0 Å². The summed E-state index contributed by atoms with van der Waals surface area (Å²) in [5, 5.41) is 4.68. The molecule has 0 spiro atoms. The Bertz CT molecular complexity index is 669. The predicted octanol–water partition coefficient (Wildman–Crippen LogP) is 3.52. The summed E-state index contributed by atoms with van der Waals surface area (Å²) in [5.74, 6) is 0.389. The van der Waals surface area contributed by atoms with E-state index in [0.29, 0.717) is 5.92 Å². The van der Waals surface area contributed by atoms with Crippen molar-refractivity contribution in [2.75, 3.05) is 0 Å². The maximum atomic E-state index is 4.68. The Labute approximate surface area is 106 Å². The number of hydrogen-bond acceptors (Lipinski definition) is 2. The Hall–Kier alpha value is -2.16. The molecule has 0 saturated carbocycles. The summed E-state index contributed by atoms with van der Waals surface area (Å²) in [4.78, 5) is 4.21. The molecule has 3 nitrogen and oxygen atoms in total. The monoisotopic (exact) mass is 237 g/mol. The number of hydrogen-bond donors (Lipinski definition) is 0. The van der Waals surface area contributed by atoms with E-state index in [1.165, 1.54) is 5.56 Å². The Morgan fingerprint density at radius 1 is 1.11 bits per heavy atom. The Morgan fingerprint density at radius 2 is 2.00 bits per heavy atom. The van der Waals surface area contributed by atoms with Crippen LogP contribution in [0.5, 0.6) is 0 Å². The minimum Gasteiger partial charge on any atom is -0.264 e. The van der Waals surface area contributed by atoms with Crippen molar-refractivity contribution >= 4 is 5.52 Å². The van der Waals surface area contributed by atoms with Gasteiger partial charge < -0.3 is 0 Å². The van der Waals surface area contributed by atoms with E-state index in [-0.39, 0.29) is 0 Å². The first kappa shape index (κ1) is 11.0. The lowest BCUT2D eigenvalue weighted by Crippen LogP contribution is -1.92. The molecular formula is C15H15N3. The lowest BCUT2D eigenvalue weighted by molar-refractivity contribution is 0.789. The summed E-state index contributed by atoms with van der Waals surface area (Å²) in [6.45, 7) is 4.34. The summed E-state index contributed by atoms with van der Waals surface area (Å²) in [6, 6.07) is 10.2. The van der Waals surface area contributed by atoms with E-state index in [2.05, 4.69) is 36.1 Å². The molecule has 0 aliphatic heterocycles. The van der Waals surface area contributed by atoms with E-state index < -0.39 is 0 Å². The fourth-order valence-corrected chi connectivity index (χ4v) is 2.23. The highest BCUT2D eigenvalue weighted by molar-refractivity contribution is 5.82. The van der Waals surface area contributed by atoms with Crippen molar-refractivity contribution in [3.05, 3.63) is 54.6 Å². The minimum atomic E-state index is 0.389. The first-order chi connectivity index (χ1) is 8.77. The van der Waals surface area contributed by atoms with Gasteiger partial charge in [-0.3, -0.25) is 4.98 Å². The molecule has 0 aliphatic carbocycles. The second-order valence-corrected chi connectivity index (χ2v) is 4.69. The summed E-state index contributed by atoms with van der Waals surface area (Å²) < 4.78 is 1.94. The maximum Gasteiger partial charge on any atom is 0.0743 e. The van der Waals surface area contributed by atoms with Crippen LogP contribution in [0.1, 0.15) is 25.5 Å². The molecule has 0 fully saturated rings. The molecule has 90 valence electrons. The lowest BCUT2D eigenvalue weighted by atomic mass is 9.99. The van der Waals surface area contributed by atoms with Gasteiger partial charge in [0, 0.05) is 29.7 Å². The van der Waals surface area contributed by atoms with E-state index in [4.69, 9.17) is 0 Å². The highest BCUT2D eigenvalue weighted by Crippen LogP contribution is 2.31. The molecule has 0 aromatic carbocycles. The van der Waals surface area contributed by atoms with Gasteiger partial charge in [-0.05, 0) is 24.1 Å². The van der Waals surface area contributed by atoms with Gasteiger partial charge in [0.2, 0.25) is 0 Å². The number of rotatable bonds is 2. The summed E-state index contributed by atoms with van der Waals surface area (Å²) in [5.41, 5.74) is 4.57. The van der Waals surface area contributed by atoms with Gasteiger partial charge in [0.1, 0.15) is 0 Å². The third kappa shape index (κ3) is 1.68. The van der Waals surface area contributed by atoms with Gasteiger partial charge in [0.15, 0.2) is 0 Å². The van der Waals surface area contributed by atoms with Crippen molar-refractivity contribution < 1.29 is 0 Å². The fraction of sp³-hybridized carbons (Fsp3) is 0.200.